The molecule has 1 aromatic heterocycles. The highest BCUT2D eigenvalue weighted by molar-refractivity contribution is 6.14. The highest BCUT2D eigenvalue weighted by atomic mass is 19.4. The van der Waals surface area contributed by atoms with Crippen molar-refractivity contribution >= 4 is 46.3 Å². The maximum absolute atomic E-state index is 13.9. The van der Waals surface area contributed by atoms with Gasteiger partial charge in [-0.15, -0.1) is 6.42 Å². The molecule has 2 aliphatic rings. The molecule has 4 N–H and O–H groups in total. The van der Waals surface area contributed by atoms with Crippen LogP contribution in [0.3, 0.4) is 0 Å². The number of piperazine rings is 1. The van der Waals surface area contributed by atoms with Crippen molar-refractivity contribution in [2.45, 2.75) is 25.6 Å². The summed E-state index contributed by atoms with van der Waals surface area (Å²) in [5.41, 5.74) is -0.598. The lowest BCUT2D eigenvalue weighted by Gasteiger charge is -2.35. The first-order valence-corrected chi connectivity index (χ1v) is 13.2. The first kappa shape index (κ1) is 28.7. The van der Waals surface area contributed by atoms with Crippen LogP contribution in [0.4, 0.5) is 47.7 Å². The predicted octanol–water partition coefficient (Wildman–Crippen LogP) is 4.20. The first-order valence-electron chi connectivity index (χ1n) is 13.2. The number of alkyl halides is 3. The van der Waals surface area contributed by atoms with Crippen LogP contribution in [-0.4, -0.2) is 64.9 Å². The molecule has 3 heterocycles. The molecule has 3 aromatic rings. The number of benzene rings is 2. The van der Waals surface area contributed by atoms with Gasteiger partial charge in [0.05, 0.1) is 23.5 Å². The van der Waals surface area contributed by atoms with Crippen molar-refractivity contribution in [3.05, 3.63) is 59.8 Å². The maximum atomic E-state index is 13.9. The largest absolute Gasteiger partial charge is 0.421 e. The number of nitrogens with zero attached hydrogens (tertiary/aromatic N) is 4. The normalized spacial score (nSPS) is 16.9. The zero-order chi connectivity index (χ0) is 30.1. The average molecular weight is 579 g/mol. The van der Waals surface area contributed by atoms with E-state index in [1.807, 2.05) is 12.1 Å². The summed E-state index contributed by atoms with van der Waals surface area (Å²) in [5.74, 6) is 0.928. The van der Waals surface area contributed by atoms with E-state index in [-0.39, 0.29) is 22.9 Å². The summed E-state index contributed by atoms with van der Waals surface area (Å²) >= 11 is 0. The van der Waals surface area contributed by atoms with Gasteiger partial charge in [-0.3, -0.25) is 14.5 Å². The summed E-state index contributed by atoms with van der Waals surface area (Å²) < 4.78 is 41.8. The van der Waals surface area contributed by atoms with Crippen molar-refractivity contribution in [3.63, 3.8) is 0 Å². The van der Waals surface area contributed by atoms with Crippen LogP contribution in [0, 0.1) is 12.3 Å². The number of rotatable bonds is 6. The Kier molecular flexibility index (Phi) is 7.66. The van der Waals surface area contributed by atoms with Gasteiger partial charge in [0.1, 0.15) is 16.9 Å². The van der Waals surface area contributed by atoms with Gasteiger partial charge in [-0.25, -0.2) is 4.98 Å². The predicted molar refractivity (Wildman–Crippen MR) is 154 cm³/mol. The number of amides is 2. The highest BCUT2D eigenvalue weighted by Gasteiger charge is 2.38. The molecule has 0 unspecified atom stereocenters. The Hall–Kier alpha value is -4.83. The summed E-state index contributed by atoms with van der Waals surface area (Å²) in [5, 5.41) is 10.9. The van der Waals surface area contributed by atoms with Gasteiger partial charge in [-0.1, -0.05) is 12.0 Å². The summed E-state index contributed by atoms with van der Waals surface area (Å²) in [4.78, 5) is 38.0. The number of terminal acetylenes is 1. The molecule has 10 nitrogen and oxygen atoms in total. The minimum absolute atomic E-state index is 0.0200. The molecule has 0 spiro atoms. The lowest BCUT2D eigenvalue weighted by Crippen LogP contribution is -2.50. The van der Waals surface area contributed by atoms with Gasteiger partial charge in [0.2, 0.25) is 11.9 Å². The van der Waals surface area contributed by atoms with Crippen molar-refractivity contribution in [1.82, 2.24) is 20.2 Å². The number of fused-ring (bicyclic) bond motifs is 1. The zero-order valence-corrected chi connectivity index (χ0v) is 23.0. The molecule has 2 amide bonds. The number of hydrogen-bond donors (Lipinski definition) is 4. The van der Waals surface area contributed by atoms with Crippen molar-refractivity contribution in [3.8, 4) is 12.3 Å². The molecule has 0 bridgehead atoms. The van der Waals surface area contributed by atoms with Crippen molar-refractivity contribution < 1.29 is 22.8 Å². The fourth-order valence-electron chi connectivity index (χ4n) is 4.74. The third kappa shape index (κ3) is 6.08. The van der Waals surface area contributed by atoms with E-state index in [0.717, 1.165) is 31.9 Å². The molecule has 2 aliphatic heterocycles. The topological polar surface area (TPSA) is 115 Å². The lowest BCUT2D eigenvalue weighted by atomic mass is 10.1. The van der Waals surface area contributed by atoms with Gasteiger partial charge in [0, 0.05) is 43.8 Å². The molecule has 0 saturated carbocycles. The van der Waals surface area contributed by atoms with Crippen molar-refractivity contribution in [2.75, 3.05) is 53.6 Å². The van der Waals surface area contributed by atoms with E-state index in [9.17, 15) is 22.8 Å². The number of carbonyl (C=O) groups is 2. The van der Waals surface area contributed by atoms with Gasteiger partial charge >= 0.3 is 6.18 Å². The first-order chi connectivity index (χ1) is 19.9. The second kappa shape index (κ2) is 11.2. The minimum Gasteiger partial charge on any atom is -0.369 e. The van der Waals surface area contributed by atoms with Crippen LogP contribution in [0.2, 0.25) is 0 Å². The Morgan fingerprint density at radius 3 is 2.43 bits per heavy atom. The number of nitrogens with one attached hydrogen (secondary N) is 4. The number of carbonyl (C=O) groups excluding carboxylic acids is 2. The number of anilines is 6. The SMILES string of the molecule is C#CCN1CCN(c2ccc(Nc3ncc(C(F)(F)F)c(Nc4cccc5c4C(=O)NC(C)(C)C(=O)N5)n3)cc2)CC1. The number of hydrogen-bond acceptors (Lipinski definition) is 8. The van der Waals surface area contributed by atoms with Crippen LogP contribution < -0.4 is 26.2 Å². The summed E-state index contributed by atoms with van der Waals surface area (Å²) in [6, 6.07) is 11.9. The molecule has 218 valence electrons. The van der Waals surface area contributed by atoms with Gasteiger partial charge in [-0.05, 0) is 50.2 Å². The van der Waals surface area contributed by atoms with E-state index in [1.54, 1.807) is 12.1 Å². The highest BCUT2D eigenvalue weighted by Crippen LogP contribution is 2.37. The second-order valence-electron chi connectivity index (χ2n) is 10.5. The van der Waals surface area contributed by atoms with E-state index >= 15 is 0 Å². The van der Waals surface area contributed by atoms with Crippen molar-refractivity contribution in [2.24, 2.45) is 0 Å². The molecule has 0 atom stereocenters. The van der Waals surface area contributed by atoms with Crippen LogP contribution in [0.5, 0.6) is 0 Å². The average Bonchev–Trinajstić information content (AvgIpc) is 3.02. The fourth-order valence-corrected chi connectivity index (χ4v) is 4.74. The summed E-state index contributed by atoms with van der Waals surface area (Å²) in [7, 11) is 0. The molecule has 1 saturated heterocycles. The van der Waals surface area contributed by atoms with E-state index in [4.69, 9.17) is 6.42 Å². The van der Waals surface area contributed by atoms with Gasteiger partial charge < -0.3 is 26.2 Å². The van der Waals surface area contributed by atoms with Crippen LogP contribution in [-0.2, 0) is 11.0 Å². The van der Waals surface area contributed by atoms with Crippen LogP contribution >= 0.6 is 0 Å². The Bertz CT molecular complexity index is 1540. The van der Waals surface area contributed by atoms with Crippen molar-refractivity contribution in [1.29, 1.82) is 0 Å². The molecular formula is C29H29F3N8O2. The molecule has 13 heteroatoms. The minimum atomic E-state index is -4.78. The van der Waals surface area contributed by atoms with Gasteiger partial charge in [0.25, 0.3) is 5.91 Å². The van der Waals surface area contributed by atoms with Crippen LogP contribution in [0.15, 0.2) is 48.7 Å². The Morgan fingerprint density at radius 1 is 1.05 bits per heavy atom. The molecule has 42 heavy (non-hydrogen) atoms. The number of aromatic nitrogens is 2. The van der Waals surface area contributed by atoms with Crippen LogP contribution in [0.1, 0.15) is 29.8 Å². The quantitative estimate of drug-likeness (QED) is 0.322. The molecule has 0 aliphatic carbocycles. The molecule has 2 aromatic carbocycles. The van der Waals surface area contributed by atoms with Gasteiger partial charge in [-0.2, -0.15) is 18.2 Å². The monoisotopic (exact) mass is 578 g/mol. The van der Waals surface area contributed by atoms with E-state index in [0.29, 0.717) is 18.4 Å². The van der Waals surface area contributed by atoms with E-state index < -0.39 is 34.9 Å². The Labute approximate surface area is 240 Å². The third-order valence-corrected chi connectivity index (χ3v) is 7.06. The summed E-state index contributed by atoms with van der Waals surface area (Å²) in [6.45, 7) is 7.04. The lowest BCUT2D eigenvalue weighted by molar-refractivity contribution is -0.137. The Morgan fingerprint density at radius 2 is 1.76 bits per heavy atom. The third-order valence-electron chi connectivity index (χ3n) is 7.06. The summed E-state index contributed by atoms with van der Waals surface area (Å²) in [6.07, 6.45) is 1.30. The number of halogens is 3. The van der Waals surface area contributed by atoms with E-state index in [1.165, 1.54) is 32.0 Å². The smallest absolute Gasteiger partial charge is 0.369 e. The molecular weight excluding hydrogens is 549 g/mol. The maximum Gasteiger partial charge on any atom is 0.421 e. The molecule has 5 rings (SSSR count). The second-order valence-corrected chi connectivity index (χ2v) is 10.5. The standard InChI is InChI=1S/C29H29F3N8O2/c1-4-12-39-13-15-40(16-14-39)19-10-8-18(9-11-19)34-27-33-17-20(29(30,31)32)24(37-27)35-21-6-5-7-22-23(21)25(41)38-28(2,3)26(42)36-22/h1,5-11,17H,12-16H2,2-3H3,(H,36,42)(H,38,41)(H2,33,34,35,37). The van der Waals surface area contributed by atoms with Crippen LogP contribution in [0.25, 0.3) is 0 Å². The Balaban J connectivity index is 1.39. The molecule has 0 radical (unpaired) electrons. The molecule has 1 fully saturated rings. The van der Waals surface area contributed by atoms with Gasteiger partial charge in [0.15, 0.2) is 0 Å². The zero-order valence-electron chi connectivity index (χ0n) is 23.0. The fraction of sp³-hybridized carbons (Fsp3) is 0.310. The van der Waals surface area contributed by atoms with E-state index in [2.05, 4.69) is 47.0 Å².